The van der Waals surface area contributed by atoms with E-state index in [-0.39, 0.29) is 5.56 Å². The van der Waals surface area contributed by atoms with E-state index < -0.39 is 12.2 Å². The van der Waals surface area contributed by atoms with Crippen molar-refractivity contribution < 1.29 is 13.2 Å². The molecule has 19 heavy (non-hydrogen) atoms. The van der Waals surface area contributed by atoms with E-state index in [0.29, 0.717) is 6.42 Å². The molecule has 1 atom stereocenters. The molecule has 0 saturated heterocycles. The Hall–Kier alpha value is -1.81. The number of alkyl halides is 3. The third kappa shape index (κ3) is 3.58. The molecule has 0 amide bonds. The Morgan fingerprint density at radius 2 is 1.37 bits per heavy atom. The monoisotopic (exact) mass is 265 g/mol. The van der Waals surface area contributed by atoms with E-state index in [4.69, 9.17) is 5.73 Å². The van der Waals surface area contributed by atoms with Crippen molar-refractivity contribution in [2.24, 2.45) is 5.73 Å². The van der Waals surface area contributed by atoms with Gasteiger partial charge in [-0.15, -0.1) is 0 Å². The van der Waals surface area contributed by atoms with Gasteiger partial charge in [0.25, 0.3) is 0 Å². The van der Waals surface area contributed by atoms with Crippen molar-refractivity contribution in [3.05, 3.63) is 71.3 Å². The van der Waals surface area contributed by atoms with Crippen molar-refractivity contribution in [2.75, 3.05) is 0 Å². The van der Waals surface area contributed by atoms with E-state index >= 15 is 0 Å². The molecule has 0 heterocycles. The van der Waals surface area contributed by atoms with Gasteiger partial charge >= 0.3 is 6.18 Å². The van der Waals surface area contributed by atoms with Crippen molar-refractivity contribution >= 4 is 0 Å². The minimum Gasteiger partial charge on any atom is -0.316 e. The lowest BCUT2D eigenvalue weighted by atomic mass is 10.0. The van der Waals surface area contributed by atoms with Crippen LogP contribution in [-0.4, -0.2) is 6.18 Å². The maximum Gasteiger partial charge on any atom is 0.407 e. The second-order valence-corrected chi connectivity index (χ2v) is 4.42. The van der Waals surface area contributed by atoms with Gasteiger partial charge in [-0.3, -0.25) is 0 Å². The zero-order valence-corrected chi connectivity index (χ0v) is 10.2. The molecule has 0 fully saturated rings. The first-order chi connectivity index (χ1) is 8.97. The zero-order valence-electron chi connectivity index (χ0n) is 10.2. The van der Waals surface area contributed by atoms with E-state index in [1.807, 2.05) is 30.3 Å². The van der Waals surface area contributed by atoms with Crippen LogP contribution >= 0.6 is 0 Å². The van der Waals surface area contributed by atoms with Gasteiger partial charge in [0, 0.05) is 0 Å². The fraction of sp³-hybridized carbons (Fsp3) is 0.200. The highest BCUT2D eigenvalue weighted by Gasteiger charge is 2.37. The molecule has 0 bridgehead atoms. The molecule has 0 saturated carbocycles. The summed E-state index contributed by atoms with van der Waals surface area (Å²) in [6.45, 7) is 0. The molecule has 0 aromatic heterocycles. The van der Waals surface area contributed by atoms with Gasteiger partial charge in [-0.1, -0.05) is 54.6 Å². The topological polar surface area (TPSA) is 26.0 Å². The van der Waals surface area contributed by atoms with Crippen LogP contribution in [0.4, 0.5) is 13.2 Å². The molecule has 0 aliphatic rings. The van der Waals surface area contributed by atoms with Gasteiger partial charge in [0.05, 0.1) is 0 Å². The standard InChI is InChI=1S/C15H14F3N/c16-15(17,18)14(19)13-8-6-12(7-9-13)10-11-4-2-1-3-5-11/h1-9,14H,10,19H2. The van der Waals surface area contributed by atoms with Gasteiger partial charge in [-0.05, 0) is 23.1 Å². The maximum absolute atomic E-state index is 12.5. The number of benzene rings is 2. The Labute approximate surface area is 109 Å². The van der Waals surface area contributed by atoms with Crippen molar-refractivity contribution in [2.45, 2.75) is 18.6 Å². The van der Waals surface area contributed by atoms with Gasteiger partial charge in [0.1, 0.15) is 6.04 Å². The molecule has 0 spiro atoms. The Balaban J connectivity index is 2.11. The van der Waals surface area contributed by atoms with E-state index in [9.17, 15) is 13.2 Å². The average molecular weight is 265 g/mol. The smallest absolute Gasteiger partial charge is 0.316 e. The fourth-order valence-electron chi connectivity index (χ4n) is 1.86. The van der Waals surface area contributed by atoms with Crippen LogP contribution in [0.5, 0.6) is 0 Å². The zero-order chi connectivity index (χ0) is 13.9. The average Bonchev–Trinajstić information content (AvgIpc) is 2.39. The molecule has 0 aliphatic carbocycles. The van der Waals surface area contributed by atoms with E-state index in [1.54, 1.807) is 12.1 Å². The van der Waals surface area contributed by atoms with Crippen LogP contribution < -0.4 is 5.73 Å². The lowest BCUT2D eigenvalue weighted by Gasteiger charge is -2.16. The Morgan fingerprint density at radius 3 is 1.89 bits per heavy atom. The number of hydrogen-bond acceptors (Lipinski definition) is 1. The predicted molar refractivity (Wildman–Crippen MR) is 68.7 cm³/mol. The highest BCUT2D eigenvalue weighted by Crippen LogP contribution is 2.30. The normalized spacial score (nSPS) is 13.3. The molecule has 2 N–H and O–H groups in total. The van der Waals surface area contributed by atoms with Crippen LogP contribution in [0, 0.1) is 0 Å². The van der Waals surface area contributed by atoms with Gasteiger partial charge < -0.3 is 5.73 Å². The van der Waals surface area contributed by atoms with Crippen molar-refractivity contribution in [3.63, 3.8) is 0 Å². The third-order valence-corrected chi connectivity index (χ3v) is 2.94. The first kappa shape index (κ1) is 13.6. The van der Waals surface area contributed by atoms with Crippen LogP contribution in [0.15, 0.2) is 54.6 Å². The minimum atomic E-state index is -4.40. The lowest BCUT2D eigenvalue weighted by Crippen LogP contribution is -2.28. The molecule has 1 unspecified atom stereocenters. The highest BCUT2D eigenvalue weighted by atomic mass is 19.4. The first-order valence-corrected chi connectivity index (χ1v) is 5.92. The summed E-state index contributed by atoms with van der Waals surface area (Å²) in [6.07, 6.45) is -3.71. The molecule has 4 heteroatoms. The van der Waals surface area contributed by atoms with Gasteiger partial charge in [0.2, 0.25) is 0 Å². The highest BCUT2D eigenvalue weighted by molar-refractivity contribution is 5.30. The number of halogens is 3. The van der Waals surface area contributed by atoms with Gasteiger partial charge in [0.15, 0.2) is 0 Å². The molecule has 2 rings (SSSR count). The van der Waals surface area contributed by atoms with Crippen molar-refractivity contribution in [1.29, 1.82) is 0 Å². The molecule has 1 nitrogen and oxygen atoms in total. The van der Waals surface area contributed by atoms with Crippen LogP contribution in [0.3, 0.4) is 0 Å². The second-order valence-electron chi connectivity index (χ2n) is 4.42. The first-order valence-electron chi connectivity index (χ1n) is 5.92. The molecule has 2 aromatic rings. The summed E-state index contributed by atoms with van der Waals surface area (Å²) in [5.74, 6) is 0. The summed E-state index contributed by atoms with van der Waals surface area (Å²) in [5, 5.41) is 0. The third-order valence-electron chi connectivity index (χ3n) is 2.94. The van der Waals surface area contributed by atoms with Crippen LogP contribution in [0.1, 0.15) is 22.7 Å². The van der Waals surface area contributed by atoms with E-state index in [2.05, 4.69) is 0 Å². The quantitative estimate of drug-likeness (QED) is 0.896. The molecule has 100 valence electrons. The van der Waals surface area contributed by atoms with E-state index in [1.165, 1.54) is 12.1 Å². The summed E-state index contributed by atoms with van der Waals surface area (Å²) in [5.41, 5.74) is 7.32. The second kappa shape index (κ2) is 5.45. The van der Waals surface area contributed by atoms with Crippen LogP contribution in [0.2, 0.25) is 0 Å². The molecule has 0 radical (unpaired) electrons. The van der Waals surface area contributed by atoms with Gasteiger partial charge in [-0.25, -0.2) is 0 Å². The lowest BCUT2D eigenvalue weighted by molar-refractivity contribution is -0.149. The molecule has 2 aromatic carbocycles. The molecule has 0 aliphatic heterocycles. The fourth-order valence-corrected chi connectivity index (χ4v) is 1.86. The maximum atomic E-state index is 12.5. The predicted octanol–water partition coefficient (Wildman–Crippen LogP) is 3.84. The Bertz CT molecular complexity index is 517. The summed E-state index contributed by atoms with van der Waals surface area (Å²) < 4.78 is 37.4. The number of hydrogen-bond donors (Lipinski definition) is 1. The largest absolute Gasteiger partial charge is 0.407 e. The van der Waals surface area contributed by atoms with Gasteiger partial charge in [-0.2, -0.15) is 13.2 Å². The number of rotatable bonds is 3. The van der Waals surface area contributed by atoms with Crippen molar-refractivity contribution in [1.82, 2.24) is 0 Å². The SMILES string of the molecule is NC(c1ccc(Cc2ccccc2)cc1)C(F)(F)F. The Morgan fingerprint density at radius 1 is 0.842 bits per heavy atom. The molecular weight excluding hydrogens is 251 g/mol. The van der Waals surface area contributed by atoms with Crippen LogP contribution in [0.25, 0.3) is 0 Å². The van der Waals surface area contributed by atoms with Crippen molar-refractivity contribution in [3.8, 4) is 0 Å². The Kier molecular flexibility index (Phi) is 3.90. The molecular formula is C15H14F3N. The van der Waals surface area contributed by atoms with E-state index in [0.717, 1.165) is 11.1 Å². The summed E-state index contributed by atoms with van der Waals surface area (Å²) in [7, 11) is 0. The minimum absolute atomic E-state index is 0.0873. The number of nitrogens with two attached hydrogens (primary N) is 1. The summed E-state index contributed by atoms with van der Waals surface area (Å²) in [4.78, 5) is 0. The van der Waals surface area contributed by atoms with Crippen LogP contribution in [-0.2, 0) is 6.42 Å². The summed E-state index contributed by atoms with van der Waals surface area (Å²) in [6, 6.07) is 14.1. The summed E-state index contributed by atoms with van der Waals surface area (Å²) >= 11 is 0.